The topological polar surface area (TPSA) is 107 Å². The molecular formula is C19H24N4O5. The second-order valence-corrected chi connectivity index (χ2v) is 6.40. The highest BCUT2D eigenvalue weighted by Gasteiger charge is 2.20. The number of benzene rings is 1. The zero-order chi connectivity index (χ0) is 20.1. The summed E-state index contributed by atoms with van der Waals surface area (Å²) < 4.78 is 17.9. The van der Waals surface area contributed by atoms with Crippen LogP contribution in [0.1, 0.15) is 18.9 Å². The molecule has 1 aliphatic rings. The summed E-state index contributed by atoms with van der Waals surface area (Å²) in [6.07, 6.45) is 1.78. The van der Waals surface area contributed by atoms with E-state index in [4.69, 9.17) is 19.2 Å². The van der Waals surface area contributed by atoms with Gasteiger partial charge in [0.15, 0.2) is 0 Å². The number of nitrogens with one attached hydrogen (secondary N) is 1. The summed E-state index contributed by atoms with van der Waals surface area (Å²) in [6, 6.07) is 7.62. The van der Waals surface area contributed by atoms with Crippen LogP contribution in [0.3, 0.4) is 0 Å². The van der Waals surface area contributed by atoms with Crippen molar-refractivity contribution < 1.29 is 13.8 Å². The van der Waals surface area contributed by atoms with Gasteiger partial charge in [0.2, 0.25) is 0 Å². The van der Waals surface area contributed by atoms with Crippen LogP contribution in [0.5, 0.6) is 0 Å². The zero-order valence-electron chi connectivity index (χ0n) is 16.0. The van der Waals surface area contributed by atoms with Crippen molar-refractivity contribution in [2.45, 2.75) is 19.8 Å². The quantitative estimate of drug-likeness (QED) is 0.841. The van der Waals surface area contributed by atoms with Crippen LogP contribution in [0.4, 0.5) is 5.69 Å². The Bertz CT molecular complexity index is 1050. The molecular weight excluding hydrogens is 364 g/mol. The highest BCUT2D eigenvalue weighted by atomic mass is 16.5. The van der Waals surface area contributed by atoms with Gasteiger partial charge >= 0.3 is 11.3 Å². The van der Waals surface area contributed by atoms with Crippen molar-refractivity contribution in [2.75, 3.05) is 31.2 Å². The molecule has 9 nitrogen and oxygen atoms in total. The van der Waals surface area contributed by atoms with E-state index in [0.29, 0.717) is 32.0 Å². The van der Waals surface area contributed by atoms with Gasteiger partial charge in [-0.05, 0) is 18.1 Å². The Kier molecular flexibility index (Phi) is 6.15. The lowest BCUT2D eigenvalue weighted by molar-refractivity contribution is 0.122. The van der Waals surface area contributed by atoms with Crippen LogP contribution in [0.15, 0.2) is 49.0 Å². The summed E-state index contributed by atoms with van der Waals surface area (Å²) in [7, 11) is 1.41. The lowest BCUT2D eigenvalue weighted by Crippen LogP contribution is -2.38. The molecule has 0 saturated carbocycles. The minimum Gasteiger partial charge on any atom is -0.378 e. The Labute approximate surface area is 161 Å². The van der Waals surface area contributed by atoms with E-state index in [0.717, 1.165) is 45.7 Å². The predicted molar refractivity (Wildman–Crippen MR) is 102 cm³/mol. The molecule has 1 aliphatic heterocycles. The normalized spacial score (nSPS) is 14.0. The van der Waals surface area contributed by atoms with Crippen LogP contribution in [-0.2, 0) is 18.2 Å². The maximum atomic E-state index is 12.2. The molecule has 3 rings (SSSR count). The summed E-state index contributed by atoms with van der Waals surface area (Å²) in [4.78, 5) is 26.0. The molecule has 0 amide bonds. The average Bonchev–Trinajstić information content (AvgIpc) is 2.74. The summed E-state index contributed by atoms with van der Waals surface area (Å²) in [5.41, 5.74) is 0.664. The highest BCUT2D eigenvalue weighted by molar-refractivity contribution is 5.67. The first kappa shape index (κ1) is 19.7. The Morgan fingerprint density at radius 1 is 1.04 bits per heavy atom. The van der Waals surface area contributed by atoms with E-state index in [1.165, 1.54) is 7.05 Å². The zero-order valence-corrected chi connectivity index (χ0v) is 16.0. The smallest absolute Gasteiger partial charge is 0.356 e. The van der Waals surface area contributed by atoms with Crippen LogP contribution in [-0.4, -0.2) is 35.8 Å². The van der Waals surface area contributed by atoms with Gasteiger partial charge in [-0.25, -0.2) is 9.59 Å². The van der Waals surface area contributed by atoms with Gasteiger partial charge in [0.05, 0.1) is 18.9 Å². The number of para-hydroxylation sites is 1. The lowest BCUT2D eigenvalue weighted by Gasteiger charge is -2.32. The van der Waals surface area contributed by atoms with Crippen molar-refractivity contribution in [1.82, 2.24) is 9.48 Å². The van der Waals surface area contributed by atoms with Gasteiger partial charge in [-0.2, -0.15) is 4.74 Å². The van der Waals surface area contributed by atoms with Crippen molar-refractivity contribution in [1.29, 1.82) is 5.41 Å². The van der Waals surface area contributed by atoms with Gasteiger partial charge < -0.3 is 18.7 Å². The van der Waals surface area contributed by atoms with Gasteiger partial charge in [-0.3, -0.25) is 5.41 Å². The number of anilines is 1. The third-order valence-corrected chi connectivity index (χ3v) is 4.42. The summed E-state index contributed by atoms with van der Waals surface area (Å²) in [6.45, 7) is 4.66. The summed E-state index contributed by atoms with van der Waals surface area (Å²) in [5, 5.41) is 8.41. The minimum absolute atomic E-state index is 0.298. The van der Waals surface area contributed by atoms with Gasteiger partial charge in [-0.15, -0.1) is 4.74 Å². The largest absolute Gasteiger partial charge is 0.378 e. The molecule has 9 heteroatoms. The van der Waals surface area contributed by atoms with E-state index >= 15 is 0 Å². The predicted octanol–water partition coefficient (Wildman–Crippen LogP) is 1.12. The molecule has 1 aromatic carbocycles. The molecule has 0 atom stereocenters. The number of hydrogen-bond acceptors (Lipinski definition) is 7. The Morgan fingerprint density at radius 2 is 1.71 bits per heavy atom. The number of aromatic nitrogens is 2. The minimum atomic E-state index is -0.772. The van der Waals surface area contributed by atoms with E-state index < -0.39 is 11.3 Å². The fourth-order valence-electron chi connectivity index (χ4n) is 3.16. The molecule has 1 saturated heterocycles. The van der Waals surface area contributed by atoms with E-state index in [9.17, 15) is 9.59 Å². The van der Waals surface area contributed by atoms with Gasteiger partial charge in [0.25, 0.3) is 5.62 Å². The molecule has 0 aliphatic carbocycles. The highest BCUT2D eigenvalue weighted by Crippen LogP contribution is 2.29. The Morgan fingerprint density at radius 3 is 2.39 bits per heavy atom. The van der Waals surface area contributed by atoms with Crippen molar-refractivity contribution in [2.24, 2.45) is 7.05 Å². The van der Waals surface area contributed by atoms with Crippen molar-refractivity contribution in [3.63, 3.8) is 0 Å². The van der Waals surface area contributed by atoms with Crippen molar-refractivity contribution in [3.05, 3.63) is 62.4 Å². The summed E-state index contributed by atoms with van der Waals surface area (Å²) >= 11 is 0. The fourth-order valence-corrected chi connectivity index (χ4v) is 3.16. The first-order chi connectivity index (χ1) is 13.5. The molecule has 0 bridgehead atoms. The monoisotopic (exact) mass is 388 g/mol. The second kappa shape index (κ2) is 8.75. The SMILES string of the molecule is CCCc1cccc(-n2oc(=O)ccc(=O)on(C)c2=N)c1N1CCOCC1. The number of rotatable bonds is 4. The van der Waals surface area contributed by atoms with E-state index in [1.807, 2.05) is 12.1 Å². The first-order valence-corrected chi connectivity index (χ1v) is 9.20. The number of nitrogens with zero attached hydrogens (tertiary/aromatic N) is 3. The second-order valence-electron chi connectivity index (χ2n) is 6.40. The standard InChI is InChI=1S/C19H24N4O5/c1-3-5-14-6-4-7-15(18(14)22-10-12-26-13-11-22)23-19(20)21(2)27-16(24)8-9-17(25)28-23/h4,6-9,20H,3,5,10-13H2,1-2H3. The molecule has 2 aromatic rings. The van der Waals surface area contributed by atoms with Gasteiger partial charge in [0.1, 0.15) is 5.69 Å². The van der Waals surface area contributed by atoms with E-state index in [1.54, 1.807) is 6.07 Å². The van der Waals surface area contributed by atoms with Gasteiger partial charge in [-0.1, -0.05) is 25.5 Å². The number of morpholine rings is 1. The molecule has 0 spiro atoms. The maximum absolute atomic E-state index is 12.2. The van der Waals surface area contributed by atoms with Crippen LogP contribution in [0.25, 0.3) is 5.69 Å². The average molecular weight is 388 g/mol. The molecule has 1 fully saturated rings. The molecule has 1 aromatic heterocycles. The fraction of sp³-hybridized carbons (Fsp3) is 0.421. The molecule has 150 valence electrons. The number of aryl methyl sites for hydroxylation is 2. The third-order valence-electron chi connectivity index (χ3n) is 4.42. The number of hydrogen-bond donors (Lipinski definition) is 1. The van der Waals surface area contributed by atoms with Crippen LogP contribution >= 0.6 is 0 Å². The van der Waals surface area contributed by atoms with Crippen LogP contribution in [0, 0.1) is 5.41 Å². The third kappa shape index (κ3) is 4.25. The molecule has 2 heterocycles. The molecule has 1 N–H and O–H groups in total. The lowest BCUT2D eigenvalue weighted by atomic mass is 10.0. The van der Waals surface area contributed by atoms with Crippen LogP contribution < -0.4 is 21.8 Å². The molecule has 28 heavy (non-hydrogen) atoms. The number of ether oxygens (including phenoxy) is 1. The van der Waals surface area contributed by atoms with Crippen molar-refractivity contribution in [3.8, 4) is 5.69 Å². The van der Waals surface area contributed by atoms with Crippen LogP contribution in [0.2, 0.25) is 0 Å². The van der Waals surface area contributed by atoms with E-state index in [2.05, 4.69) is 11.8 Å². The Balaban J connectivity index is 2.35. The molecule has 0 radical (unpaired) electrons. The van der Waals surface area contributed by atoms with Crippen molar-refractivity contribution >= 4 is 5.69 Å². The summed E-state index contributed by atoms with van der Waals surface area (Å²) in [5.74, 6) is 0. The molecule has 0 unspecified atom stereocenters. The first-order valence-electron chi connectivity index (χ1n) is 9.20. The Hall–Kier alpha value is -3.07. The van der Waals surface area contributed by atoms with E-state index in [-0.39, 0.29) is 5.62 Å². The van der Waals surface area contributed by atoms with Gasteiger partial charge in [0, 0.05) is 32.3 Å². The maximum Gasteiger partial charge on any atom is 0.356 e.